The van der Waals surface area contributed by atoms with Crippen LogP contribution in [0.3, 0.4) is 0 Å². The van der Waals surface area contributed by atoms with E-state index in [0.29, 0.717) is 0 Å². The fraction of sp³-hybridized carbons (Fsp3) is 0.714. The third-order valence-electron chi connectivity index (χ3n) is 0.364. The molecular formula is C7H18O4. The minimum Gasteiger partial charge on any atom is -0.394 e. The second kappa shape index (κ2) is 22.7. The molecule has 0 aliphatic heterocycles. The third kappa shape index (κ3) is 82.7. The molecule has 0 aromatic heterocycles. The zero-order valence-electron chi connectivity index (χ0n) is 6.90. The van der Waals surface area contributed by atoms with E-state index in [1.54, 1.807) is 0 Å². The monoisotopic (exact) mass is 166 g/mol. The van der Waals surface area contributed by atoms with E-state index in [1.807, 2.05) is 0 Å². The Morgan fingerprint density at radius 3 is 1.27 bits per heavy atom. The minimum atomic E-state index is -0.560. The molecule has 0 saturated heterocycles. The molecule has 4 heteroatoms. The average molecular weight is 166 g/mol. The van der Waals surface area contributed by atoms with Crippen LogP contribution in [-0.4, -0.2) is 46.4 Å². The maximum Gasteiger partial charge on any atom is 0.0742 e. The van der Waals surface area contributed by atoms with Gasteiger partial charge in [-0.15, -0.1) is 13.2 Å². The van der Waals surface area contributed by atoms with Crippen molar-refractivity contribution in [2.45, 2.75) is 13.0 Å². The summed E-state index contributed by atoms with van der Waals surface area (Å²) in [6.07, 6.45) is -0.560. The van der Waals surface area contributed by atoms with Crippen LogP contribution in [0.4, 0.5) is 0 Å². The van der Waals surface area contributed by atoms with E-state index in [4.69, 9.17) is 20.4 Å². The Balaban J connectivity index is -0.0000000965. The zero-order valence-corrected chi connectivity index (χ0v) is 6.90. The molecule has 0 heterocycles. The highest BCUT2D eigenvalue weighted by Gasteiger charge is 1.83. The fourth-order valence-electron chi connectivity index (χ4n) is 0. The number of rotatable bonds is 2. The Morgan fingerprint density at radius 1 is 1.09 bits per heavy atom. The highest BCUT2D eigenvalue weighted by Crippen LogP contribution is 1.68. The summed E-state index contributed by atoms with van der Waals surface area (Å²) in [4.78, 5) is 0. The summed E-state index contributed by atoms with van der Waals surface area (Å²) >= 11 is 0. The number of hydrogen-bond acceptors (Lipinski definition) is 4. The summed E-state index contributed by atoms with van der Waals surface area (Å²) < 4.78 is 0. The van der Waals surface area contributed by atoms with Crippen molar-refractivity contribution in [1.82, 2.24) is 0 Å². The second-order valence-corrected chi connectivity index (χ2v) is 1.48. The van der Waals surface area contributed by atoms with Crippen LogP contribution < -0.4 is 0 Å². The SMILES string of the molecule is C=C.CC(O)CO.OCCO. The van der Waals surface area contributed by atoms with E-state index >= 15 is 0 Å². The zero-order chi connectivity index (χ0) is 9.70. The first-order chi connectivity index (χ1) is 5.18. The molecule has 0 aromatic rings. The Morgan fingerprint density at radius 2 is 1.27 bits per heavy atom. The van der Waals surface area contributed by atoms with Crippen LogP contribution in [0.25, 0.3) is 0 Å². The Hall–Kier alpha value is -0.420. The maximum absolute atomic E-state index is 8.11. The standard InChI is InChI=1S/C3H8O2.C2H6O2.C2H4/c1-3(5)2-4;3-1-2-4;1-2/h3-5H,2H2,1H3;3-4H,1-2H2;1-2H2. The Labute approximate surface area is 67.4 Å². The first kappa shape index (κ1) is 16.9. The highest BCUT2D eigenvalue weighted by molar-refractivity contribution is 4.34. The van der Waals surface area contributed by atoms with Crippen molar-refractivity contribution >= 4 is 0 Å². The average Bonchev–Trinajstić information content (AvgIpc) is 2.08. The van der Waals surface area contributed by atoms with Gasteiger partial charge in [0.1, 0.15) is 0 Å². The van der Waals surface area contributed by atoms with Gasteiger partial charge in [0.2, 0.25) is 0 Å². The van der Waals surface area contributed by atoms with Crippen molar-refractivity contribution in [3.05, 3.63) is 13.2 Å². The lowest BCUT2D eigenvalue weighted by atomic mass is 10.5. The molecule has 1 atom stereocenters. The Bertz CT molecular complexity index is 45.7. The van der Waals surface area contributed by atoms with E-state index in [-0.39, 0.29) is 19.8 Å². The van der Waals surface area contributed by atoms with Gasteiger partial charge in [-0.25, -0.2) is 0 Å². The lowest BCUT2D eigenvalue weighted by Crippen LogP contribution is -2.03. The van der Waals surface area contributed by atoms with E-state index in [9.17, 15) is 0 Å². The van der Waals surface area contributed by atoms with Gasteiger partial charge in [0.15, 0.2) is 0 Å². The molecule has 0 aromatic carbocycles. The van der Waals surface area contributed by atoms with Crippen molar-refractivity contribution in [3.63, 3.8) is 0 Å². The van der Waals surface area contributed by atoms with Gasteiger partial charge in [-0.05, 0) is 6.92 Å². The minimum absolute atomic E-state index is 0.125. The summed E-state index contributed by atoms with van der Waals surface area (Å²) in [5.41, 5.74) is 0. The smallest absolute Gasteiger partial charge is 0.0742 e. The molecule has 0 aliphatic carbocycles. The van der Waals surface area contributed by atoms with Gasteiger partial charge in [0.25, 0.3) is 0 Å². The van der Waals surface area contributed by atoms with Gasteiger partial charge in [-0.1, -0.05) is 0 Å². The fourth-order valence-corrected chi connectivity index (χ4v) is 0. The van der Waals surface area contributed by atoms with Crippen LogP contribution in [-0.2, 0) is 0 Å². The molecule has 4 N–H and O–H groups in total. The third-order valence-corrected chi connectivity index (χ3v) is 0.364. The summed E-state index contributed by atoms with van der Waals surface area (Å²) in [7, 11) is 0. The van der Waals surface area contributed by atoms with E-state index in [1.165, 1.54) is 6.92 Å². The van der Waals surface area contributed by atoms with Crippen LogP contribution in [0.2, 0.25) is 0 Å². The molecule has 70 valence electrons. The summed E-state index contributed by atoms with van der Waals surface area (Å²) in [6, 6.07) is 0. The van der Waals surface area contributed by atoms with Crippen molar-refractivity contribution in [2.75, 3.05) is 19.8 Å². The molecule has 0 fully saturated rings. The van der Waals surface area contributed by atoms with Gasteiger partial charge in [0.05, 0.1) is 25.9 Å². The lowest BCUT2D eigenvalue weighted by Gasteiger charge is -1.90. The molecule has 1 unspecified atom stereocenters. The maximum atomic E-state index is 8.11. The van der Waals surface area contributed by atoms with Crippen LogP contribution in [0.5, 0.6) is 0 Å². The topological polar surface area (TPSA) is 80.9 Å². The van der Waals surface area contributed by atoms with E-state index in [0.717, 1.165) is 0 Å². The predicted octanol–water partition coefficient (Wildman–Crippen LogP) is -0.867. The second-order valence-electron chi connectivity index (χ2n) is 1.48. The largest absolute Gasteiger partial charge is 0.394 e. The van der Waals surface area contributed by atoms with Crippen LogP contribution >= 0.6 is 0 Å². The molecule has 0 spiro atoms. The Kier molecular flexibility index (Phi) is 34.8. The molecule has 11 heavy (non-hydrogen) atoms. The van der Waals surface area contributed by atoms with Crippen molar-refractivity contribution in [3.8, 4) is 0 Å². The molecule has 0 rings (SSSR count). The van der Waals surface area contributed by atoms with Crippen molar-refractivity contribution < 1.29 is 20.4 Å². The van der Waals surface area contributed by atoms with Crippen LogP contribution in [0.15, 0.2) is 13.2 Å². The van der Waals surface area contributed by atoms with Crippen LogP contribution in [0, 0.1) is 0 Å². The van der Waals surface area contributed by atoms with Gasteiger partial charge in [-0.2, -0.15) is 0 Å². The van der Waals surface area contributed by atoms with Gasteiger partial charge < -0.3 is 20.4 Å². The van der Waals surface area contributed by atoms with Crippen molar-refractivity contribution in [2.24, 2.45) is 0 Å². The van der Waals surface area contributed by atoms with E-state index < -0.39 is 6.10 Å². The number of aliphatic hydroxyl groups is 4. The van der Waals surface area contributed by atoms with E-state index in [2.05, 4.69) is 13.2 Å². The molecule has 0 bridgehead atoms. The molecular weight excluding hydrogens is 148 g/mol. The van der Waals surface area contributed by atoms with Crippen LogP contribution in [0.1, 0.15) is 6.92 Å². The molecule has 0 aliphatic rings. The van der Waals surface area contributed by atoms with Crippen molar-refractivity contribution in [1.29, 1.82) is 0 Å². The van der Waals surface area contributed by atoms with Gasteiger partial charge in [0, 0.05) is 0 Å². The first-order valence-corrected chi connectivity index (χ1v) is 3.19. The molecule has 0 radical (unpaired) electrons. The predicted molar refractivity (Wildman–Crippen MR) is 44.2 cm³/mol. The normalized spacial score (nSPS) is 9.91. The summed E-state index contributed by atoms with van der Waals surface area (Å²) in [5, 5.41) is 31.3. The highest BCUT2D eigenvalue weighted by atomic mass is 16.3. The van der Waals surface area contributed by atoms with Gasteiger partial charge in [-0.3, -0.25) is 0 Å². The lowest BCUT2D eigenvalue weighted by molar-refractivity contribution is 0.110. The molecule has 4 nitrogen and oxygen atoms in total. The van der Waals surface area contributed by atoms with Gasteiger partial charge >= 0.3 is 0 Å². The molecule has 0 amide bonds. The summed E-state index contributed by atoms with van der Waals surface area (Å²) in [5.74, 6) is 0. The molecule has 0 saturated carbocycles. The first-order valence-electron chi connectivity index (χ1n) is 3.19. The number of aliphatic hydroxyl groups excluding tert-OH is 4. The quantitative estimate of drug-likeness (QED) is 0.402. The summed E-state index contributed by atoms with van der Waals surface area (Å²) in [6.45, 7) is 7.14. The number of hydrogen-bond donors (Lipinski definition) is 4.